The third-order valence-corrected chi connectivity index (χ3v) is 5.48. The molecule has 0 amide bonds. The molecular weight excluding hydrogens is 336 g/mol. The van der Waals surface area contributed by atoms with Gasteiger partial charge in [0, 0.05) is 26.2 Å². The molecule has 1 aromatic rings. The number of hydrogen-bond donors (Lipinski definition) is 2. The maximum atomic E-state index is 5.71. The summed E-state index contributed by atoms with van der Waals surface area (Å²) in [6.07, 6.45) is 8.06. The van der Waals surface area contributed by atoms with Crippen LogP contribution < -0.4 is 10.6 Å². The number of benzene rings is 1. The van der Waals surface area contributed by atoms with Gasteiger partial charge in [-0.1, -0.05) is 37.1 Å². The molecule has 2 N–H and O–H groups in total. The van der Waals surface area contributed by atoms with Crippen molar-refractivity contribution in [1.29, 1.82) is 0 Å². The highest BCUT2D eigenvalue weighted by molar-refractivity contribution is 5.79. The second-order valence-corrected chi connectivity index (χ2v) is 7.67. The highest BCUT2D eigenvalue weighted by atomic mass is 16.5. The van der Waals surface area contributed by atoms with Crippen molar-refractivity contribution in [2.75, 3.05) is 32.8 Å². The fraction of sp³-hybridized carbons (Fsp3) is 0.682. The van der Waals surface area contributed by atoms with Gasteiger partial charge in [0.2, 0.25) is 0 Å². The fourth-order valence-electron chi connectivity index (χ4n) is 3.92. The molecule has 2 fully saturated rings. The Balaban J connectivity index is 1.59. The Morgan fingerprint density at radius 3 is 2.56 bits per heavy atom. The van der Waals surface area contributed by atoms with Crippen molar-refractivity contribution in [3.63, 3.8) is 0 Å². The summed E-state index contributed by atoms with van der Waals surface area (Å²) in [5.74, 6) is 0.887. The molecule has 0 saturated carbocycles. The van der Waals surface area contributed by atoms with Gasteiger partial charge < -0.3 is 15.4 Å². The van der Waals surface area contributed by atoms with Gasteiger partial charge >= 0.3 is 0 Å². The van der Waals surface area contributed by atoms with Crippen molar-refractivity contribution in [2.24, 2.45) is 4.99 Å². The SMILES string of the molecule is CCNC(=NCc1ccccc1CN1CCCCCC1)NCC1CCCO1. The van der Waals surface area contributed by atoms with Crippen molar-refractivity contribution in [3.8, 4) is 0 Å². The van der Waals surface area contributed by atoms with Crippen LogP contribution in [0.2, 0.25) is 0 Å². The first-order valence-electron chi connectivity index (χ1n) is 10.8. The van der Waals surface area contributed by atoms with Gasteiger partial charge in [0.15, 0.2) is 5.96 Å². The maximum absolute atomic E-state index is 5.71. The number of likely N-dealkylation sites (tertiary alicyclic amines) is 1. The first-order valence-corrected chi connectivity index (χ1v) is 10.8. The lowest BCUT2D eigenvalue weighted by Crippen LogP contribution is -2.41. The number of guanidine groups is 1. The van der Waals surface area contributed by atoms with E-state index >= 15 is 0 Å². The minimum atomic E-state index is 0.323. The van der Waals surface area contributed by atoms with Crippen LogP contribution in [0.4, 0.5) is 0 Å². The number of ether oxygens (including phenoxy) is 1. The smallest absolute Gasteiger partial charge is 0.191 e. The molecule has 2 aliphatic heterocycles. The summed E-state index contributed by atoms with van der Waals surface area (Å²) in [5.41, 5.74) is 2.74. The molecule has 1 aromatic carbocycles. The van der Waals surface area contributed by atoms with Crippen molar-refractivity contribution >= 4 is 5.96 Å². The van der Waals surface area contributed by atoms with E-state index in [1.54, 1.807) is 0 Å². The zero-order chi connectivity index (χ0) is 18.7. The van der Waals surface area contributed by atoms with Crippen LogP contribution in [0, 0.1) is 0 Å². The van der Waals surface area contributed by atoms with Gasteiger partial charge in [-0.05, 0) is 56.8 Å². The van der Waals surface area contributed by atoms with E-state index in [0.717, 1.165) is 38.6 Å². The minimum Gasteiger partial charge on any atom is -0.376 e. The molecule has 5 nitrogen and oxygen atoms in total. The summed E-state index contributed by atoms with van der Waals surface area (Å²) in [6, 6.07) is 8.77. The van der Waals surface area contributed by atoms with E-state index in [-0.39, 0.29) is 0 Å². The lowest BCUT2D eigenvalue weighted by Gasteiger charge is -2.21. The van der Waals surface area contributed by atoms with Crippen LogP contribution in [0.25, 0.3) is 0 Å². The number of nitrogens with one attached hydrogen (secondary N) is 2. The molecule has 0 aromatic heterocycles. The second-order valence-electron chi connectivity index (χ2n) is 7.67. The summed E-state index contributed by atoms with van der Waals surface area (Å²) in [4.78, 5) is 7.44. The number of rotatable bonds is 7. The lowest BCUT2D eigenvalue weighted by atomic mass is 10.1. The summed E-state index contributed by atoms with van der Waals surface area (Å²) >= 11 is 0. The van der Waals surface area contributed by atoms with E-state index in [0.29, 0.717) is 12.6 Å². The topological polar surface area (TPSA) is 48.9 Å². The number of nitrogens with zero attached hydrogens (tertiary/aromatic N) is 2. The highest BCUT2D eigenvalue weighted by Gasteiger charge is 2.15. The molecule has 1 unspecified atom stereocenters. The zero-order valence-electron chi connectivity index (χ0n) is 16.9. The Hall–Kier alpha value is -1.59. The summed E-state index contributed by atoms with van der Waals surface area (Å²) < 4.78 is 5.71. The fourth-order valence-corrected chi connectivity index (χ4v) is 3.92. The first-order chi connectivity index (χ1) is 13.3. The van der Waals surface area contributed by atoms with Crippen LogP contribution in [-0.4, -0.2) is 49.7 Å². The van der Waals surface area contributed by atoms with Crippen LogP contribution in [0.15, 0.2) is 29.3 Å². The van der Waals surface area contributed by atoms with Gasteiger partial charge in [0.25, 0.3) is 0 Å². The van der Waals surface area contributed by atoms with Crippen LogP contribution in [-0.2, 0) is 17.8 Å². The Labute approximate surface area is 164 Å². The molecule has 2 aliphatic rings. The minimum absolute atomic E-state index is 0.323. The number of hydrogen-bond acceptors (Lipinski definition) is 3. The molecule has 2 saturated heterocycles. The summed E-state index contributed by atoms with van der Waals surface area (Å²) in [7, 11) is 0. The predicted molar refractivity (Wildman–Crippen MR) is 112 cm³/mol. The quantitative estimate of drug-likeness (QED) is 0.570. The van der Waals surface area contributed by atoms with E-state index in [1.165, 1.54) is 56.3 Å². The largest absolute Gasteiger partial charge is 0.376 e. The van der Waals surface area contributed by atoms with Crippen LogP contribution in [0.5, 0.6) is 0 Å². The normalized spacial score (nSPS) is 21.8. The van der Waals surface area contributed by atoms with E-state index in [2.05, 4.69) is 46.7 Å². The molecule has 5 heteroatoms. The molecule has 0 aliphatic carbocycles. The van der Waals surface area contributed by atoms with Gasteiger partial charge in [-0.2, -0.15) is 0 Å². The molecule has 0 bridgehead atoms. The van der Waals surface area contributed by atoms with Crippen molar-refractivity contribution in [2.45, 2.75) is 64.6 Å². The summed E-state index contributed by atoms with van der Waals surface area (Å²) in [6.45, 7) is 8.91. The molecule has 3 rings (SSSR count). The Morgan fingerprint density at radius 2 is 1.85 bits per heavy atom. The average Bonchev–Trinajstić information content (AvgIpc) is 3.08. The molecule has 2 heterocycles. The van der Waals surface area contributed by atoms with E-state index in [4.69, 9.17) is 9.73 Å². The lowest BCUT2D eigenvalue weighted by molar-refractivity contribution is 0.114. The van der Waals surface area contributed by atoms with E-state index < -0.39 is 0 Å². The average molecular weight is 373 g/mol. The van der Waals surface area contributed by atoms with Gasteiger partial charge in [-0.15, -0.1) is 0 Å². The zero-order valence-corrected chi connectivity index (χ0v) is 16.9. The Kier molecular flexibility index (Phi) is 8.43. The third kappa shape index (κ3) is 6.82. The van der Waals surface area contributed by atoms with Crippen LogP contribution >= 0.6 is 0 Å². The van der Waals surface area contributed by atoms with Gasteiger partial charge in [0.1, 0.15) is 0 Å². The van der Waals surface area contributed by atoms with Crippen molar-refractivity contribution < 1.29 is 4.74 Å². The maximum Gasteiger partial charge on any atom is 0.191 e. The van der Waals surface area contributed by atoms with Gasteiger partial charge in [-0.3, -0.25) is 4.90 Å². The first kappa shape index (κ1) is 20.2. The van der Waals surface area contributed by atoms with E-state index in [1.807, 2.05) is 0 Å². The van der Waals surface area contributed by atoms with Crippen LogP contribution in [0.1, 0.15) is 56.6 Å². The molecule has 0 spiro atoms. The van der Waals surface area contributed by atoms with E-state index in [9.17, 15) is 0 Å². The van der Waals surface area contributed by atoms with Crippen molar-refractivity contribution in [3.05, 3.63) is 35.4 Å². The molecule has 27 heavy (non-hydrogen) atoms. The standard InChI is InChI=1S/C22H36N4O/c1-2-23-22(25-17-21-12-9-15-27-21)24-16-19-10-5-6-11-20(19)18-26-13-7-3-4-8-14-26/h5-6,10-11,21H,2-4,7-9,12-18H2,1H3,(H2,23,24,25). The molecular formula is C22H36N4O. The Bertz CT molecular complexity index is 575. The molecule has 1 atom stereocenters. The second kappa shape index (κ2) is 11.3. The Morgan fingerprint density at radius 1 is 1.07 bits per heavy atom. The monoisotopic (exact) mass is 372 g/mol. The predicted octanol–water partition coefficient (Wildman–Crippen LogP) is 3.30. The van der Waals surface area contributed by atoms with Crippen LogP contribution in [0.3, 0.4) is 0 Å². The van der Waals surface area contributed by atoms with Gasteiger partial charge in [0.05, 0.1) is 12.6 Å². The number of aliphatic imine (C=N–C) groups is 1. The highest BCUT2D eigenvalue weighted by Crippen LogP contribution is 2.17. The molecule has 150 valence electrons. The summed E-state index contributed by atoms with van der Waals surface area (Å²) in [5, 5.41) is 6.80. The van der Waals surface area contributed by atoms with Crippen molar-refractivity contribution in [1.82, 2.24) is 15.5 Å². The molecule has 0 radical (unpaired) electrons. The van der Waals surface area contributed by atoms with Gasteiger partial charge in [-0.25, -0.2) is 4.99 Å². The third-order valence-electron chi connectivity index (χ3n) is 5.48.